The van der Waals surface area contributed by atoms with E-state index in [2.05, 4.69) is 75.6 Å². The average molecular weight is 318 g/mol. The molecule has 1 aromatic carbocycles. The van der Waals surface area contributed by atoms with E-state index >= 15 is 0 Å². The first-order chi connectivity index (χ1) is 9.79. The highest BCUT2D eigenvalue weighted by atomic mass is 32.1. The number of nitrogens with zero attached hydrogens (tertiary/aromatic N) is 1. The molecule has 0 heterocycles. The summed E-state index contributed by atoms with van der Waals surface area (Å²) in [5.74, 6) is 0. The van der Waals surface area contributed by atoms with Crippen molar-refractivity contribution in [2.24, 2.45) is 0 Å². The minimum Gasteiger partial charge on any atom is -0.374 e. The molecule has 3 heteroatoms. The molecule has 1 aliphatic rings. The summed E-state index contributed by atoms with van der Waals surface area (Å²) in [5, 5.41) is 0.111. The lowest BCUT2D eigenvalue weighted by Crippen LogP contribution is -2.54. The van der Waals surface area contributed by atoms with Gasteiger partial charge in [-0.05, 0) is 19.4 Å². The molecule has 2 rings (SSSR count). The van der Waals surface area contributed by atoms with E-state index in [9.17, 15) is 0 Å². The first kappa shape index (κ1) is 16.4. The Labute approximate surface area is 136 Å². The van der Waals surface area contributed by atoms with Gasteiger partial charge in [0.05, 0.1) is 8.07 Å². The third kappa shape index (κ3) is 2.40. The van der Waals surface area contributed by atoms with Crippen LogP contribution in [0.25, 0.3) is 5.57 Å². The minimum atomic E-state index is -1.43. The first-order valence-electron chi connectivity index (χ1n) is 7.89. The van der Waals surface area contributed by atoms with Crippen molar-refractivity contribution in [2.45, 2.75) is 45.5 Å². The molecule has 0 N–H and O–H groups in total. The Bertz CT molecular complexity index is 567. The van der Waals surface area contributed by atoms with E-state index in [1.54, 1.807) is 0 Å². The first-order valence-corrected chi connectivity index (χ1v) is 11.8. The van der Waals surface area contributed by atoms with Gasteiger partial charge in [-0.25, -0.2) is 0 Å². The molecule has 0 saturated heterocycles. The topological polar surface area (TPSA) is 3.24 Å². The van der Waals surface area contributed by atoms with Crippen molar-refractivity contribution in [3.8, 4) is 0 Å². The fourth-order valence-electron chi connectivity index (χ4n) is 3.24. The van der Waals surface area contributed by atoms with Crippen molar-refractivity contribution < 1.29 is 0 Å². The van der Waals surface area contributed by atoms with Crippen molar-refractivity contribution in [2.75, 3.05) is 13.1 Å². The summed E-state index contributed by atoms with van der Waals surface area (Å²) in [6, 6.07) is 10.7. The molecule has 0 radical (unpaired) electrons. The number of allylic oxidation sites excluding steroid dienone is 2. The van der Waals surface area contributed by atoms with Crippen molar-refractivity contribution in [3.05, 3.63) is 41.6 Å². The van der Waals surface area contributed by atoms with Gasteiger partial charge in [-0.1, -0.05) is 69.1 Å². The van der Waals surface area contributed by atoms with E-state index in [0.29, 0.717) is 0 Å². The maximum Gasteiger partial charge on any atom is 0.0639 e. The van der Waals surface area contributed by atoms with Crippen LogP contribution in [-0.4, -0.2) is 30.9 Å². The fourth-order valence-corrected chi connectivity index (χ4v) is 6.26. The van der Waals surface area contributed by atoms with E-state index in [1.165, 1.54) is 21.7 Å². The summed E-state index contributed by atoms with van der Waals surface area (Å²) in [6.07, 6.45) is 0. The molecular weight excluding hydrogens is 290 g/mol. The maximum absolute atomic E-state index is 5.91. The van der Waals surface area contributed by atoms with E-state index < -0.39 is 8.07 Å². The third-order valence-electron chi connectivity index (χ3n) is 5.03. The van der Waals surface area contributed by atoms with Gasteiger partial charge in [-0.2, -0.15) is 0 Å². The molecule has 1 unspecified atom stereocenters. The molecule has 0 fully saturated rings. The zero-order valence-corrected chi connectivity index (χ0v) is 16.0. The van der Waals surface area contributed by atoms with Crippen LogP contribution in [0.1, 0.15) is 26.3 Å². The van der Waals surface area contributed by atoms with E-state index in [0.717, 1.165) is 13.1 Å². The number of benzene rings is 1. The lowest BCUT2D eigenvalue weighted by Gasteiger charge is -2.55. The van der Waals surface area contributed by atoms with Crippen molar-refractivity contribution >= 4 is 30.7 Å². The Kier molecular flexibility index (Phi) is 4.46. The van der Waals surface area contributed by atoms with Gasteiger partial charge in [-0.3, -0.25) is 0 Å². The van der Waals surface area contributed by atoms with Gasteiger partial charge in [0.15, 0.2) is 0 Å². The van der Waals surface area contributed by atoms with Crippen LogP contribution >= 0.6 is 12.2 Å². The summed E-state index contributed by atoms with van der Waals surface area (Å²) in [7, 11) is -1.43. The van der Waals surface area contributed by atoms with Gasteiger partial charge in [-0.15, -0.1) is 0 Å². The van der Waals surface area contributed by atoms with Gasteiger partial charge in [0.25, 0.3) is 0 Å². The maximum atomic E-state index is 5.91. The van der Waals surface area contributed by atoms with Crippen LogP contribution in [-0.2, 0) is 0 Å². The molecule has 1 aliphatic carbocycles. The van der Waals surface area contributed by atoms with E-state index in [4.69, 9.17) is 12.2 Å². The van der Waals surface area contributed by atoms with Gasteiger partial charge < -0.3 is 4.90 Å². The molecule has 0 saturated carbocycles. The lowest BCUT2D eigenvalue weighted by molar-refractivity contribution is 0.356. The molecule has 0 aliphatic heterocycles. The van der Waals surface area contributed by atoms with Crippen LogP contribution in [0.3, 0.4) is 0 Å². The zero-order valence-electron chi connectivity index (χ0n) is 14.2. The quantitative estimate of drug-likeness (QED) is 0.541. The van der Waals surface area contributed by atoms with Gasteiger partial charge in [0.1, 0.15) is 0 Å². The molecule has 1 aromatic rings. The van der Waals surface area contributed by atoms with Crippen LogP contribution in [0.5, 0.6) is 0 Å². The van der Waals surface area contributed by atoms with Crippen LogP contribution in [0, 0.1) is 0 Å². The normalized spacial score (nSPS) is 22.3. The third-order valence-corrected chi connectivity index (χ3v) is 9.31. The number of thiocarbonyl (C=S) groups is 1. The number of rotatable bonds is 5. The van der Waals surface area contributed by atoms with Crippen molar-refractivity contribution in [1.82, 2.24) is 4.90 Å². The van der Waals surface area contributed by atoms with Crippen LogP contribution in [0.15, 0.2) is 36.0 Å². The van der Waals surface area contributed by atoms with Gasteiger partial charge >= 0.3 is 0 Å². The van der Waals surface area contributed by atoms with Crippen molar-refractivity contribution in [1.29, 1.82) is 0 Å². The van der Waals surface area contributed by atoms with Crippen LogP contribution in [0.4, 0.5) is 0 Å². The zero-order chi connectivity index (χ0) is 15.8. The average Bonchev–Trinajstić information content (AvgIpc) is 2.46. The monoisotopic (exact) mass is 317 g/mol. The Morgan fingerprint density at radius 1 is 1.05 bits per heavy atom. The second-order valence-electron chi connectivity index (χ2n) is 6.97. The van der Waals surface area contributed by atoms with Crippen LogP contribution in [0.2, 0.25) is 24.7 Å². The molecule has 0 aromatic heterocycles. The number of hydrogen-bond acceptors (Lipinski definition) is 2. The second kappa shape index (κ2) is 5.69. The molecular formula is C18H27NSSi. The predicted octanol–water partition coefficient (Wildman–Crippen LogP) is 5.22. The second-order valence-corrected chi connectivity index (χ2v) is 12.9. The molecule has 0 amide bonds. The smallest absolute Gasteiger partial charge is 0.0639 e. The van der Waals surface area contributed by atoms with Gasteiger partial charge in [0.2, 0.25) is 0 Å². The molecule has 1 atom stereocenters. The predicted molar refractivity (Wildman–Crippen MR) is 101 cm³/mol. The standard InChI is InChI=1S/C18H27NSSi/c1-7-19(8-2)16-15(14-12-10-9-11-13-14)17(20)18(16,3)21(4,5)6/h9-13H,7-8H2,1-6H3. The SMILES string of the molecule is CCN(CC)C1=C(c2ccccc2)C(=S)C1(C)[Si](C)(C)C. The summed E-state index contributed by atoms with van der Waals surface area (Å²) < 4.78 is 0. The van der Waals surface area contributed by atoms with Gasteiger partial charge in [0, 0.05) is 34.3 Å². The summed E-state index contributed by atoms with van der Waals surface area (Å²) in [6.45, 7) is 16.3. The Hall–Kier alpha value is -0.933. The Morgan fingerprint density at radius 3 is 2.00 bits per heavy atom. The summed E-state index contributed by atoms with van der Waals surface area (Å²) >= 11 is 5.91. The lowest BCUT2D eigenvalue weighted by atomic mass is 9.77. The highest BCUT2D eigenvalue weighted by Gasteiger charge is 2.56. The minimum absolute atomic E-state index is 0.111. The largest absolute Gasteiger partial charge is 0.374 e. The molecule has 21 heavy (non-hydrogen) atoms. The molecule has 1 nitrogen and oxygen atoms in total. The molecule has 114 valence electrons. The highest BCUT2D eigenvalue weighted by molar-refractivity contribution is 7.82. The summed E-state index contributed by atoms with van der Waals surface area (Å²) in [5.41, 5.74) is 4.09. The molecule has 0 spiro atoms. The number of hydrogen-bond donors (Lipinski definition) is 0. The van der Waals surface area contributed by atoms with E-state index in [-0.39, 0.29) is 5.04 Å². The fraction of sp³-hybridized carbons (Fsp3) is 0.500. The summed E-state index contributed by atoms with van der Waals surface area (Å²) in [4.78, 5) is 3.69. The molecule has 0 bridgehead atoms. The van der Waals surface area contributed by atoms with E-state index in [1.807, 2.05) is 0 Å². The highest BCUT2D eigenvalue weighted by Crippen LogP contribution is 2.60. The Morgan fingerprint density at radius 2 is 1.57 bits per heavy atom. The van der Waals surface area contributed by atoms with Crippen molar-refractivity contribution in [3.63, 3.8) is 0 Å². The van der Waals surface area contributed by atoms with Crippen LogP contribution < -0.4 is 0 Å². The Balaban J connectivity index is 2.65.